The predicted octanol–water partition coefficient (Wildman–Crippen LogP) is 0.927. The number of primary amides is 1. The second-order valence-corrected chi connectivity index (χ2v) is 3.55. The van der Waals surface area contributed by atoms with Crippen LogP contribution in [0.3, 0.4) is 0 Å². The van der Waals surface area contributed by atoms with E-state index in [1.807, 2.05) is 6.92 Å². The van der Waals surface area contributed by atoms with Crippen LogP contribution in [0, 0.1) is 12.3 Å². The fraction of sp³-hybridized carbons (Fsp3) is 0.231. The van der Waals surface area contributed by atoms with Crippen molar-refractivity contribution in [3.8, 4) is 12.3 Å². The molecule has 0 aromatic heterocycles. The van der Waals surface area contributed by atoms with Gasteiger partial charge in [0.05, 0.1) is 6.04 Å². The largest absolute Gasteiger partial charge is 0.366 e. The molecule has 1 aromatic rings. The first kappa shape index (κ1) is 12.8. The maximum atomic E-state index is 11.8. The predicted molar refractivity (Wildman–Crippen MR) is 65.3 cm³/mol. The lowest BCUT2D eigenvalue weighted by Gasteiger charge is -2.10. The van der Waals surface area contributed by atoms with Gasteiger partial charge in [0, 0.05) is 11.1 Å². The van der Waals surface area contributed by atoms with E-state index in [1.54, 1.807) is 18.2 Å². The van der Waals surface area contributed by atoms with Crippen molar-refractivity contribution in [1.29, 1.82) is 0 Å². The summed E-state index contributed by atoms with van der Waals surface area (Å²) in [7, 11) is 0. The number of terminal acetylenes is 1. The summed E-state index contributed by atoms with van der Waals surface area (Å²) in [5.41, 5.74) is 5.80. The van der Waals surface area contributed by atoms with Crippen molar-refractivity contribution in [2.24, 2.45) is 5.73 Å². The first-order valence-electron chi connectivity index (χ1n) is 5.25. The molecule has 2 amide bonds. The minimum Gasteiger partial charge on any atom is -0.366 e. The van der Waals surface area contributed by atoms with E-state index in [0.717, 1.165) is 0 Å². The van der Waals surface area contributed by atoms with E-state index >= 15 is 0 Å². The Morgan fingerprint density at radius 2 is 2.12 bits per heavy atom. The molecule has 1 atom stereocenters. The molecule has 88 valence electrons. The van der Waals surface area contributed by atoms with Gasteiger partial charge in [-0.15, -0.1) is 6.42 Å². The molecule has 0 radical (unpaired) electrons. The summed E-state index contributed by atoms with van der Waals surface area (Å²) >= 11 is 0. The van der Waals surface area contributed by atoms with Crippen molar-refractivity contribution in [2.45, 2.75) is 19.4 Å². The molecule has 0 fully saturated rings. The Bertz CT molecular complexity index is 475. The lowest BCUT2D eigenvalue weighted by atomic mass is 10.1. The van der Waals surface area contributed by atoms with Crippen LogP contribution in [0.5, 0.6) is 0 Å². The van der Waals surface area contributed by atoms with E-state index in [2.05, 4.69) is 11.2 Å². The molecular formula is C13H14N2O2. The highest BCUT2D eigenvalue weighted by molar-refractivity contribution is 5.99. The van der Waals surface area contributed by atoms with Crippen molar-refractivity contribution in [1.82, 2.24) is 5.32 Å². The van der Waals surface area contributed by atoms with Gasteiger partial charge < -0.3 is 11.1 Å². The molecule has 0 aliphatic rings. The molecule has 0 saturated carbocycles. The van der Waals surface area contributed by atoms with Crippen LogP contribution in [-0.2, 0) is 0 Å². The third-order valence-corrected chi connectivity index (χ3v) is 2.32. The molecule has 0 aliphatic heterocycles. The Morgan fingerprint density at radius 3 is 2.65 bits per heavy atom. The van der Waals surface area contributed by atoms with Gasteiger partial charge in [0.15, 0.2) is 0 Å². The Balaban J connectivity index is 2.86. The Morgan fingerprint density at radius 1 is 1.47 bits per heavy atom. The average molecular weight is 230 g/mol. The number of hydrogen-bond acceptors (Lipinski definition) is 2. The van der Waals surface area contributed by atoms with Gasteiger partial charge in [0.1, 0.15) is 0 Å². The maximum Gasteiger partial charge on any atom is 0.252 e. The minimum atomic E-state index is -0.566. The number of nitrogens with one attached hydrogen (secondary N) is 1. The van der Waals surface area contributed by atoms with Crippen LogP contribution in [0.15, 0.2) is 24.3 Å². The van der Waals surface area contributed by atoms with E-state index < -0.39 is 5.91 Å². The number of benzene rings is 1. The highest BCUT2D eigenvalue weighted by Gasteiger charge is 2.11. The zero-order chi connectivity index (χ0) is 12.8. The first-order valence-corrected chi connectivity index (χ1v) is 5.25. The Kier molecular flexibility index (Phi) is 4.29. The fourth-order valence-corrected chi connectivity index (χ4v) is 1.32. The topological polar surface area (TPSA) is 72.2 Å². The van der Waals surface area contributed by atoms with Crippen LogP contribution in [0.25, 0.3) is 0 Å². The normalized spacial score (nSPS) is 11.3. The first-order chi connectivity index (χ1) is 8.08. The van der Waals surface area contributed by atoms with Crippen LogP contribution in [-0.4, -0.2) is 17.9 Å². The van der Waals surface area contributed by atoms with Crippen LogP contribution in [0.2, 0.25) is 0 Å². The molecule has 1 aromatic carbocycles. The van der Waals surface area contributed by atoms with Gasteiger partial charge in [-0.05, 0) is 24.6 Å². The summed E-state index contributed by atoms with van der Waals surface area (Å²) in [6, 6.07) is 5.90. The number of rotatable bonds is 4. The molecule has 4 nitrogen and oxygen atoms in total. The quantitative estimate of drug-likeness (QED) is 0.755. The molecule has 1 unspecified atom stereocenters. The van der Waals surface area contributed by atoms with E-state index in [9.17, 15) is 9.59 Å². The second-order valence-electron chi connectivity index (χ2n) is 3.55. The van der Waals surface area contributed by atoms with Crippen molar-refractivity contribution in [3.05, 3.63) is 35.4 Å². The van der Waals surface area contributed by atoms with Crippen molar-refractivity contribution >= 4 is 11.8 Å². The van der Waals surface area contributed by atoms with E-state index in [-0.39, 0.29) is 11.9 Å². The molecule has 17 heavy (non-hydrogen) atoms. The Hall–Kier alpha value is -2.28. The van der Waals surface area contributed by atoms with Crippen molar-refractivity contribution in [2.75, 3.05) is 0 Å². The number of carbonyl (C=O) groups excluding carboxylic acids is 2. The standard InChI is InChI=1S/C13H14N2O2/c1-3-11(4-2)15-13(17)10-7-5-6-9(8-10)12(14)16/h1,5-8,11H,4H2,2H3,(H2,14,16)(H,15,17). The monoisotopic (exact) mass is 230 g/mol. The van der Waals surface area contributed by atoms with Crippen LogP contribution in [0.4, 0.5) is 0 Å². The maximum absolute atomic E-state index is 11.8. The fourth-order valence-electron chi connectivity index (χ4n) is 1.32. The third-order valence-electron chi connectivity index (χ3n) is 2.32. The van der Waals surface area contributed by atoms with Crippen molar-refractivity contribution in [3.63, 3.8) is 0 Å². The van der Waals surface area contributed by atoms with E-state index in [4.69, 9.17) is 12.2 Å². The molecule has 0 spiro atoms. The van der Waals surface area contributed by atoms with Gasteiger partial charge in [-0.1, -0.05) is 18.9 Å². The summed E-state index contributed by atoms with van der Waals surface area (Å²) in [6.07, 6.45) is 5.90. The zero-order valence-electron chi connectivity index (χ0n) is 9.57. The van der Waals surface area contributed by atoms with Crippen molar-refractivity contribution < 1.29 is 9.59 Å². The molecule has 0 saturated heterocycles. The summed E-state index contributed by atoms with van der Waals surface area (Å²) in [5, 5.41) is 2.67. The highest BCUT2D eigenvalue weighted by atomic mass is 16.2. The molecule has 1 rings (SSSR count). The SMILES string of the molecule is C#CC(CC)NC(=O)c1cccc(C(N)=O)c1. The number of hydrogen-bond donors (Lipinski definition) is 2. The summed E-state index contributed by atoms with van der Waals surface area (Å²) in [6.45, 7) is 1.88. The summed E-state index contributed by atoms with van der Waals surface area (Å²) < 4.78 is 0. The van der Waals surface area contributed by atoms with Gasteiger partial charge in [-0.3, -0.25) is 9.59 Å². The van der Waals surface area contributed by atoms with Gasteiger partial charge in [-0.25, -0.2) is 0 Å². The smallest absolute Gasteiger partial charge is 0.252 e. The lowest BCUT2D eigenvalue weighted by molar-refractivity contribution is 0.0945. The molecule has 4 heteroatoms. The van der Waals surface area contributed by atoms with Crippen LogP contribution in [0.1, 0.15) is 34.1 Å². The number of nitrogens with two attached hydrogens (primary N) is 1. The molecule has 3 N–H and O–H groups in total. The highest BCUT2D eigenvalue weighted by Crippen LogP contribution is 2.05. The number of amides is 2. The van der Waals surface area contributed by atoms with Crippen LogP contribution >= 0.6 is 0 Å². The van der Waals surface area contributed by atoms with E-state index in [0.29, 0.717) is 17.5 Å². The second kappa shape index (κ2) is 5.71. The lowest BCUT2D eigenvalue weighted by Crippen LogP contribution is -2.33. The van der Waals surface area contributed by atoms with Gasteiger partial charge in [-0.2, -0.15) is 0 Å². The summed E-state index contributed by atoms with van der Waals surface area (Å²) in [4.78, 5) is 22.8. The average Bonchev–Trinajstić information content (AvgIpc) is 2.35. The molecule has 0 aliphatic carbocycles. The minimum absolute atomic E-state index is 0.298. The van der Waals surface area contributed by atoms with Crippen LogP contribution < -0.4 is 11.1 Å². The van der Waals surface area contributed by atoms with Gasteiger partial charge in [0.2, 0.25) is 5.91 Å². The zero-order valence-corrected chi connectivity index (χ0v) is 9.57. The number of carbonyl (C=O) groups is 2. The summed E-state index contributed by atoms with van der Waals surface area (Å²) in [5.74, 6) is 1.59. The van der Waals surface area contributed by atoms with Gasteiger partial charge >= 0.3 is 0 Å². The van der Waals surface area contributed by atoms with Gasteiger partial charge in [0.25, 0.3) is 5.91 Å². The molecule has 0 bridgehead atoms. The van der Waals surface area contributed by atoms with E-state index in [1.165, 1.54) is 6.07 Å². The Labute approximate surface area is 100 Å². The third kappa shape index (κ3) is 3.35. The molecular weight excluding hydrogens is 216 g/mol. The molecule has 0 heterocycles.